The Bertz CT molecular complexity index is 1130. The summed E-state index contributed by atoms with van der Waals surface area (Å²) in [5, 5.41) is 11.5. The van der Waals surface area contributed by atoms with Crippen LogP contribution in [0.3, 0.4) is 0 Å². The minimum atomic E-state index is -0.710. The second-order valence-corrected chi connectivity index (χ2v) is 7.56. The topological polar surface area (TPSA) is 80.0 Å². The Labute approximate surface area is 180 Å². The van der Waals surface area contributed by atoms with Gasteiger partial charge in [-0.1, -0.05) is 44.2 Å². The quantitative estimate of drug-likeness (QED) is 0.507. The summed E-state index contributed by atoms with van der Waals surface area (Å²) in [5.74, 6) is -0.817. The third kappa shape index (κ3) is 3.81. The van der Waals surface area contributed by atoms with E-state index < -0.39 is 23.5 Å². The van der Waals surface area contributed by atoms with Gasteiger partial charge in [-0.2, -0.15) is 0 Å². The third-order valence-corrected chi connectivity index (χ3v) is 5.31. The first-order valence-corrected chi connectivity index (χ1v) is 10.5. The van der Waals surface area contributed by atoms with E-state index >= 15 is 0 Å². The average molecular weight is 419 g/mol. The summed E-state index contributed by atoms with van der Waals surface area (Å²) < 4.78 is 11.5. The van der Waals surface area contributed by atoms with Gasteiger partial charge in [0.05, 0.1) is 18.2 Å². The van der Waals surface area contributed by atoms with E-state index in [1.54, 1.807) is 12.1 Å². The molecule has 1 amide bonds. The van der Waals surface area contributed by atoms with Gasteiger partial charge < -0.3 is 19.2 Å². The molecule has 0 spiro atoms. The summed E-state index contributed by atoms with van der Waals surface area (Å²) >= 11 is 0. The minimum absolute atomic E-state index is 0.0325. The van der Waals surface area contributed by atoms with Crippen molar-refractivity contribution in [3.8, 4) is 5.75 Å². The SMILES string of the molecule is CCCOc1cccc(C2C(C(=O)c3cc4ccccc4o3)=C(O)C(=O)N2CCC)c1. The molecule has 1 N–H and O–H groups in total. The zero-order valence-electron chi connectivity index (χ0n) is 17.6. The number of nitrogens with zero attached hydrogens (tertiary/aromatic N) is 1. The van der Waals surface area contributed by atoms with Crippen LogP contribution < -0.4 is 4.74 Å². The van der Waals surface area contributed by atoms with E-state index in [2.05, 4.69) is 0 Å². The Morgan fingerprint density at radius 3 is 2.65 bits per heavy atom. The maximum Gasteiger partial charge on any atom is 0.290 e. The van der Waals surface area contributed by atoms with Crippen molar-refractivity contribution < 1.29 is 23.8 Å². The van der Waals surface area contributed by atoms with Crippen LogP contribution in [0.25, 0.3) is 11.0 Å². The standard InChI is InChI=1S/C25H25NO5/c1-3-12-26-22(17-9-7-10-18(14-17)30-13-4-2)21(24(28)25(26)29)23(27)20-15-16-8-5-6-11-19(16)31-20/h5-11,14-15,22,28H,3-4,12-13H2,1-2H3. The second kappa shape index (κ2) is 8.68. The summed E-state index contributed by atoms with van der Waals surface area (Å²) in [6.45, 7) is 4.94. The van der Waals surface area contributed by atoms with Crippen molar-refractivity contribution in [1.29, 1.82) is 0 Å². The normalized spacial score (nSPS) is 16.4. The van der Waals surface area contributed by atoms with Crippen molar-refractivity contribution in [2.45, 2.75) is 32.7 Å². The molecular formula is C25H25NO5. The molecule has 1 unspecified atom stereocenters. The summed E-state index contributed by atoms with van der Waals surface area (Å²) in [6, 6.07) is 15.6. The fourth-order valence-electron chi connectivity index (χ4n) is 3.92. The van der Waals surface area contributed by atoms with Crippen LogP contribution in [0.5, 0.6) is 5.75 Å². The number of aliphatic hydroxyl groups is 1. The average Bonchev–Trinajstić information content (AvgIpc) is 3.32. The summed E-state index contributed by atoms with van der Waals surface area (Å²) in [5.41, 5.74) is 1.32. The number of para-hydroxylation sites is 1. The second-order valence-electron chi connectivity index (χ2n) is 7.56. The van der Waals surface area contributed by atoms with E-state index in [0.29, 0.717) is 36.5 Å². The number of carbonyl (C=O) groups is 2. The molecule has 6 nitrogen and oxygen atoms in total. The molecule has 1 atom stereocenters. The predicted molar refractivity (Wildman–Crippen MR) is 117 cm³/mol. The summed E-state index contributed by atoms with van der Waals surface area (Å²) in [4.78, 5) is 27.8. The monoisotopic (exact) mass is 419 g/mol. The maximum atomic E-state index is 13.4. The van der Waals surface area contributed by atoms with E-state index in [9.17, 15) is 14.7 Å². The molecule has 160 valence electrons. The van der Waals surface area contributed by atoms with E-state index in [1.807, 2.05) is 56.3 Å². The van der Waals surface area contributed by atoms with Crippen LogP contribution in [0.1, 0.15) is 48.8 Å². The number of Topliss-reactive ketones (excluding diaryl/α,β-unsaturated/α-hetero) is 1. The van der Waals surface area contributed by atoms with Gasteiger partial charge in [-0.15, -0.1) is 0 Å². The largest absolute Gasteiger partial charge is 0.503 e. The molecule has 2 heterocycles. The summed E-state index contributed by atoms with van der Waals surface area (Å²) in [6.07, 6.45) is 1.55. The first-order chi connectivity index (χ1) is 15.0. The zero-order chi connectivity index (χ0) is 22.0. The summed E-state index contributed by atoms with van der Waals surface area (Å²) in [7, 11) is 0. The molecule has 0 fully saturated rings. The smallest absolute Gasteiger partial charge is 0.290 e. The number of hydrogen-bond donors (Lipinski definition) is 1. The lowest BCUT2D eigenvalue weighted by atomic mass is 9.94. The molecule has 3 aromatic rings. The lowest BCUT2D eigenvalue weighted by Crippen LogP contribution is -2.31. The first kappa shape index (κ1) is 20.7. The number of benzene rings is 2. The number of hydrogen-bond acceptors (Lipinski definition) is 5. The molecule has 2 aromatic carbocycles. The molecule has 4 rings (SSSR count). The van der Waals surface area contributed by atoms with Crippen molar-refractivity contribution >= 4 is 22.7 Å². The van der Waals surface area contributed by atoms with Crippen molar-refractivity contribution in [2.24, 2.45) is 0 Å². The van der Waals surface area contributed by atoms with Gasteiger partial charge in [0.2, 0.25) is 5.78 Å². The number of amides is 1. The van der Waals surface area contributed by atoms with Gasteiger partial charge in [0.15, 0.2) is 11.5 Å². The highest BCUT2D eigenvalue weighted by atomic mass is 16.5. The van der Waals surface area contributed by atoms with Crippen LogP contribution in [0.2, 0.25) is 0 Å². The van der Waals surface area contributed by atoms with Gasteiger partial charge in [0.1, 0.15) is 11.3 Å². The van der Waals surface area contributed by atoms with Crippen LogP contribution >= 0.6 is 0 Å². The van der Waals surface area contributed by atoms with Crippen LogP contribution in [-0.2, 0) is 4.79 Å². The van der Waals surface area contributed by atoms with Crippen LogP contribution in [0.15, 0.2) is 70.3 Å². The molecule has 0 bridgehead atoms. The molecule has 0 saturated carbocycles. The molecule has 0 saturated heterocycles. The maximum absolute atomic E-state index is 13.4. The number of furan rings is 1. The van der Waals surface area contributed by atoms with Crippen molar-refractivity contribution in [3.05, 3.63) is 77.3 Å². The Morgan fingerprint density at radius 2 is 1.90 bits per heavy atom. The molecule has 1 aliphatic rings. The van der Waals surface area contributed by atoms with E-state index in [-0.39, 0.29) is 11.3 Å². The highest BCUT2D eigenvalue weighted by Gasteiger charge is 2.44. The Kier molecular flexibility index (Phi) is 5.80. The van der Waals surface area contributed by atoms with Gasteiger partial charge in [0.25, 0.3) is 5.91 Å². The molecular weight excluding hydrogens is 394 g/mol. The van der Waals surface area contributed by atoms with Crippen molar-refractivity contribution in [3.63, 3.8) is 0 Å². The first-order valence-electron chi connectivity index (χ1n) is 10.5. The molecule has 0 aliphatic carbocycles. The fourth-order valence-corrected chi connectivity index (χ4v) is 3.92. The number of ether oxygens (including phenoxy) is 1. The van der Waals surface area contributed by atoms with Crippen LogP contribution in [0, 0.1) is 0 Å². The Balaban J connectivity index is 1.78. The highest BCUT2D eigenvalue weighted by Crippen LogP contribution is 2.40. The third-order valence-electron chi connectivity index (χ3n) is 5.31. The lowest BCUT2D eigenvalue weighted by molar-refractivity contribution is -0.129. The van der Waals surface area contributed by atoms with Gasteiger partial charge >= 0.3 is 0 Å². The van der Waals surface area contributed by atoms with Gasteiger partial charge in [-0.25, -0.2) is 0 Å². The van der Waals surface area contributed by atoms with Crippen molar-refractivity contribution in [2.75, 3.05) is 13.2 Å². The van der Waals surface area contributed by atoms with Gasteiger partial charge in [-0.3, -0.25) is 9.59 Å². The molecule has 1 aliphatic heterocycles. The zero-order valence-corrected chi connectivity index (χ0v) is 17.6. The van der Waals surface area contributed by atoms with E-state index in [4.69, 9.17) is 9.15 Å². The van der Waals surface area contributed by atoms with E-state index in [1.165, 1.54) is 4.90 Å². The molecule has 0 radical (unpaired) electrons. The van der Waals surface area contributed by atoms with Crippen molar-refractivity contribution in [1.82, 2.24) is 4.90 Å². The number of ketones is 1. The molecule has 1 aromatic heterocycles. The predicted octanol–water partition coefficient (Wildman–Crippen LogP) is 5.21. The number of fused-ring (bicyclic) bond motifs is 1. The Hall–Kier alpha value is -3.54. The van der Waals surface area contributed by atoms with Crippen LogP contribution in [0.4, 0.5) is 0 Å². The number of carbonyl (C=O) groups excluding carboxylic acids is 2. The van der Waals surface area contributed by atoms with Crippen LogP contribution in [-0.4, -0.2) is 34.8 Å². The molecule has 31 heavy (non-hydrogen) atoms. The molecule has 6 heteroatoms. The fraction of sp³-hybridized carbons (Fsp3) is 0.280. The van der Waals surface area contributed by atoms with Gasteiger partial charge in [-0.05, 0) is 42.7 Å². The van der Waals surface area contributed by atoms with E-state index in [0.717, 1.165) is 11.8 Å². The Morgan fingerprint density at radius 1 is 1.10 bits per heavy atom. The van der Waals surface area contributed by atoms with Gasteiger partial charge in [0, 0.05) is 11.9 Å². The lowest BCUT2D eigenvalue weighted by Gasteiger charge is -2.26. The minimum Gasteiger partial charge on any atom is -0.503 e. The number of rotatable bonds is 8. The highest BCUT2D eigenvalue weighted by molar-refractivity contribution is 6.16. The number of aliphatic hydroxyl groups excluding tert-OH is 1.